The van der Waals surface area contributed by atoms with Gasteiger partial charge in [0.25, 0.3) is 0 Å². The zero-order valence-corrected chi connectivity index (χ0v) is 16.3. The lowest BCUT2D eigenvalue weighted by Gasteiger charge is -2.38. The van der Waals surface area contributed by atoms with Crippen LogP contribution in [0, 0.1) is 5.92 Å². The molecule has 27 heavy (non-hydrogen) atoms. The minimum atomic E-state index is -0.00654. The van der Waals surface area contributed by atoms with Crippen molar-refractivity contribution in [3.63, 3.8) is 0 Å². The van der Waals surface area contributed by atoms with Gasteiger partial charge in [-0.15, -0.1) is 0 Å². The molecule has 0 aromatic heterocycles. The lowest BCUT2D eigenvalue weighted by atomic mass is 9.89. The van der Waals surface area contributed by atoms with E-state index in [0.29, 0.717) is 5.91 Å². The second kappa shape index (κ2) is 8.26. The van der Waals surface area contributed by atoms with Crippen molar-refractivity contribution in [2.24, 2.45) is 5.92 Å². The fraction of sp³-hybridized carbons (Fsp3) is 0.458. The predicted molar refractivity (Wildman–Crippen MR) is 109 cm³/mol. The predicted octanol–water partition coefficient (Wildman–Crippen LogP) is 3.91. The third-order valence-corrected chi connectivity index (χ3v) is 6.36. The molecular weight excluding hydrogens is 332 g/mol. The first kappa shape index (κ1) is 18.2. The third kappa shape index (κ3) is 4.24. The van der Waals surface area contributed by atoms with Crippen molar-refractivity contribution in [1.82, 2.24) is 9.80 Å². The molecule has 3 nitrogen and oxygen atoms in total. The van der Waals surface area contributed by atoms with Gasteiger partial charge in [-0.2, -0.15) is 0 Å². The maximum Gasteiger partial charge on any atom is 0.239 e. The number of rotatable bonds is 4. The zero-order valence-electron chi connectivity index (χ0n) is 16.3. The maximum atomic E-state index is 13.1. The van der Waals surface area contributed by atoms with E-state index in [1.165, 1.54) is 36.0 Å². The largest absolute Gasteiger partial charge is 0.337 e. The number of fused-ring (bicyclic) bond motifs is 1. The molecule has 1 fully saturated rings. The van der Waals surface area contributed by atoms with Crippen LogP contribution >= 0.6 is 0 Å². The fourth-order valence-electron chi connectivity index (χ4n) is 4.60. The van der Waals surface area contributed by atoms with Gasteiger partial charge in [-0.05, 0) is 68.3 Å². The van der Waals surface area contributed by atoms with Crippen LogP contribution in [0.5, 0.6) is 0 Å². The van der Waals surface area contributed by atoms with E-state index >= 15 is 0 Å². The number of carbonyl (C=O) groups excluding carboxylic acids is 1. The number of likely N-dealkylation sites (tertiary alicyclic amines) is 1. The number of hydrogen-bond donors (Lipinski definition) is 0. The van der Waals surface area contributed by atoms with Gasteiger partial charge in [0.05, 0.1) is 6.04 Å². The SMILES string of the molecule is C[C@H](C(=O)N1CCc2ccccc2C1)N1CCC(Cc2ccccc2)CC1. The zero-order chi connectivity index (χ0) is 18.6. The number of benzene rings is 2. The van der Waals surface area contributed by atoms with Gasteiger partial charge < -0.3 is 4.90 Å². The Morgan fingerprint density at radius 3 is 2.37 bits per heavy atom. The van der Waals surface area contributed by atoms with Crippen molar-refractivity contribution in [2.75, 3.05) is 19.6 Å². The van der Waals surface area contributed by atoms with E-state index in [0.717, 1.165) is 38.5 Å². The van der Waals surface area contributed by atoms with Crippen LogP contribution in [0.3, 0.4) is 0 Å². The molecule has 0 saturated carbocycles. The highest BCUT2D eigenvalue weighted by Gasteiger charge is 2.30. The van der Waals surface area contributed by atoms with E-state index in [4.69, 9.17) is 0 Å². The molecule has 1 saturated heterocycles. The molecular formula is C24H30N2O. The standard InChI is InChI=1S/C24H30N2O/c1-19(24(27)26-16-13-22-9-5-6-10-23(22)18-26)25-14-11-21(12-15-25)17-20-7-3-2-4-8-20/h2-10,19,21H,11-18H2,1H3/t19-/m1/s1. The van der Waals surface area contributed by atoms with E-state index in [1.807, 2.05) is 0 Å². The fourth-order valence-corrected chi connectivity index (χ4v) is 4.60. The van der Waals surface area contributed by atoms with E-state index in [-0.39, 0.29) is 6.04 Å². The first-order valence-electron chi connectivity index (χ1n) is 10.3. The number of amides is 1. The van der Waals surface area contributed by atoms with Crippen molar-refractivity contribution in [3.05, 3.63) is 71.3 Å². The van der Waals surface area contributed by atoms with Crippen molar-refractivity contribution < 1.29 is 4.79 Å². The Hall–Kier alpha value is -2.13. The van der Waals surface area contributed by atoms with E-state index in [1.54, 1.807) is 0 Å². The monoisotopic (exact) mass is 362 g/mol. The molecule has 0 N–H and O–H groups in total. The number of piperidine rings is 1. The molecule has 2 aliphatic rings. The lowest BCUT2D eigenvalue weighted by Crippen LogP contribution is -2.50. The normalized spacial score (nSPS) is 19.5. The molecule has 0 aliphatic carbocycles. The minimum Gasteiger partial charge on any atom is -0.337 e. The first-order chi connectivity index (χ1) is 13.2. The van der Waals surface area contributed by atoms with Crippen LogP contribution in [-0.4, -0.2) is 41.4 Å². The molecule has 2 aromatic carbocycles. The molecule has 1 atom stereocenters. The summed E-state index contributed by atoms with van der Waals surface area (Å²) < 4.78 is 0. The molecule has 3 heteroatoms. The average molecular weight is 363 g/mol. The van der Waals surface area contributed by atoms with Crippen LogP contribution in [-0.2, 0) is 24.2 Å². The van der Waals surface area contributed by atoms with Gasteiger partial charge in [0.15, 0.2) is 0 Å². The summed E-state index contributed by atoms with van der Waals surface area (Å²) in [5.74, 6) is 1.04. The quantitative estimate of drug-likeness (QED) is 0.823. The Labute approximate surface area is 163 Å². The molecule has 0 radical (unpaired) electrons. The van der Waals surface area contributed by atoms with Crippen molar-refractivity contribution in [2.45, 2.75) is 45.2 Å². The Bertz CT molecular complexity index is 765. The van der Waals surface area contributed by atoms with Crippen LogP contribution in [0.25, 0.3) is 0 Å². The van der Waals surface area contributed by atoms with Gasteiger partial charge in [0, 0.05) is 13.1 Å². The Balaban J connectivity index is 1.30. The third-order valence-electron chi connectivity index (χ3n) is 6.36. The summed E-state index contributed by atoms with van der Waals surface area (Å²) in [7, 11) is 0. The minimum absolute atomic E-state index is 0.00654. The molecule has 2 aromatic rings. The highest BCUT2D eigenvalue weighted by molar-refractivity contribution is 5.81. The van der Waals surface area contributed by atoms with Gasteiger partial charge in [-0.25, -0.2) is 0 Å². The number of nitrogens with zero attached hydrogens (tertiary/aromatic N) is 2. The van der Waals surface area contributed by atoms with Gasteiger partial charge in [-0.1, -0.05) is 54.6 Å². The smallest absolute Gasteiger partial charge is 0.239 e. The van der Waals surface area contributed by atoms with Crippen molar-refractivity contribution >= 4 is 5.91 Å². The maximum absolute atomic E-state index is 13.1. The first-order valence-corrected chi connectivity index (χ1v) is 10.3. The summed E-state index contributed by atoms with van der Waals surface area (Å²) >= 11 is 0. The Morgan fingerprint density at radius 2 is 1.63 bits per heavy atom. The van der Waals surface area contributed by atoms with Crippen LogP contribution < -0.4 is 0 Å². The molecule has 0 bridgehead atoms. The van der Waals surface area contributed by atoms with Gasteiger partial charge in [0.2, 0.25) is 5.91 Å². The van der Waals surface area contributed by atoms with Crippen molar-refractivity contribution in [3.8, 4) is 0 Å². The molecule has 1 amide bonds. The van der Waals surface area contributed by atoms with E-state index in [2.05, 4.69) is 71.3 Å². The summed E-state index contributed by atoms with van der Waals surface area (Å²) in [5, 5.41) is 0. The van der Waals surface area contributed by atoms with Crippen LogP contribution in [0.1, 0.15) is 36.5 Å². The summed E-state index contributed by atoms with van der Waals surface area (Å²) in [6.45, 7) is 5.79. The van der Waals surface area contributed by atoms with Crippen LogP contribution in [0.4, 0.5) is 0 Å². The lowest BCUT2D eigenvalue weighted by molar-refractivity contribution is -0.138. The summed E-state index contributed by atoms with van der Waals surface area (Å²) in [5.41, 5.74) is 4.15. The van der Waals surface area contributed by atoms with Crippen LogP contribution in [0.15, 0.2) is 54.6 Å². The Morgan fingerprint density at radius 1 is 0.963 bits per heavy atom. The second-order valence-electron chi connectivity index (χ2n) is 8.12. The van der Waals surface area contributed by atoms with E-state index < -0.39 is 0 Å². The van der Waals surface area contributed by atoms with Gasteiger partial charge in [0.1, 0.15) is 0 Å². The average Bonchev–Trinajstić information content (AvgIpc) is 2.73. The Kier molecular flexibility index (Phi) is 5.58. The molecule has 0 spiro atoms. The number of carbonyl (C=O) groups is 1. The summed E-state index contributed by atoms with van der Waals surface area (Å²) in [6.07, 6.45) is 4.53. The van der Waals surface area contributed by atoms with Crippen LogP contribution in [0.2, 0.25) is 0 Å². The molecule has 4 rings (SSSR count). The van der Waals surface area contributed by atoms with Crippen molar-refractivity contribution in [1.29, 1.82) is 0 Å². The summed E-state index contributed by atoms with van der Waals surface area (Å²) in [6, 6.07) is 19.3. The molecule has 0 unspecified atom stereocenters. The molecule has 2 heterocycles. The molecule has 2 aliphatic heterocycles. The van der Waals surface area contributed by atoms with Gasteiger partial charge in [-0.3, -0.25) is 9.69 Å². The highest BCUT2D eigenvalue weighted by atomic mass is 16.2. The topological polar surface area (TPSA) is 23.6 Å². The van der Waals surface area contributed by atoms with Gasteiger partial charge >= 0.3 is 0 Å². The number of hydrogen-bond acceptors (Lipinski definition) is 2. The molecule has 142 valence electrons. The highest BCUT2D eigenvalue weighted by Crippen LogP contribution is 2.25. The second-order valence-corrected chi connectivity index (χ2v) is 8.12. The van der Waals surface area contributed by atoms with E-state index in [9.17, 15) is 4.79 Å². The summed E-state index contributed by atoms with van der Waals surface area (Å²) in [4.78, 5) is 17.5.